The summed E-state index contributed by atoms with van der Waals surface area (Å²) >= 11 is 0. The number of nitrogens with zero attached hydrogens (tertiary/aromatic N) is 1. The fourth-order valence-electron chi connectivity index (χ4n) is 2.97. The van der Waals surface area contributed by atoms with Crippen LogP contribution in [0.1, 0.15) is 37.0 Å². The van der Waals surface area contributed by atoms with Gasteiger partial charge in [0.2, 0.25) is 0 Å². The third-order valence-electron chi connectivity index (χ3n) is 4.27. The number of allylic oxidation sites excluding steroid dienone is 2. The summed E-state index contributed by atoms with van der Waals surface area (Å²) in [6.07, 6.45) is 8.24. The minimum atomic E-state index is 0.855. The van der Waals surface area contributed by atoms with Crippen LogP contribution in [0.3, 0.4) is 0 Å². The summed E-state index contributed by atoms with van der Waals surface area (Å²) in [6, 6.07) is 8.75. The van der Waals surface area contributed by atoms with Gasteiger partial charge in [0.1, 0.15) is 0 Å². The van der Waals surface area contributed by atoms with Crippen molar-refractivity contribution in [1.82, 2.24) is 4.57 Å². The molecule has 0 amide bonds. The maximum atomic E-state index is 4.28. The van der Waals surface area contributed by atoms with Crippen molar-refractivity contribution in [3.8, 4) is 0 Å². The molecule has 0 radical (unpaired) electrons. The molecule has 0 aliphatic carbocycles. The molecule has 1 aromatic carbocycles. The zero-order valence-electron chi connectivity index (χ0n) is 14.8. The third-order valence-corrected chi connectivity index (χ3v) is 4.27. The molecule has 0 atom stereocenters. The van der Waals surface area contributed by atoms with Crippen LogP contribution in [-0.2, 0) is 13.5 Å². The van der Waals surface area contributed by atoms with Crippen molar-refractivity contribution in [1.29, 1.82) is 0 Å². The highest BCUT2D eigenvalue weighted by molar-refractivity contribution is 5.67. The molecule has 0 aliphatic heterocycles. The molecule has 23 heavy (non-hydrogen) atoms. The van der Waals surface area contributed by atoms with Crippen LogP contribution < -0.4 is 10.6 Å². The normalized spacial score (nSPS) is 12.7. The number of hydrogen-bond acceptors (Lipinski definition) is 0. The fraction of sp³-hybridized carbons (Fsp3) is 0.273. The molecule has 2 aromatic rings. The van der Waals surface area contributed by atoms with E-state index in [0.29, 0.717) is 0 Å². The Morgan fingerprint density at radius 2 is 1.96 bits per heavy atom. The molecular formula is C22H27N. The molecular weight excluding hydrogens is 278 g/mol. The molecule has 0 N–H and O–H groups in total. The van der Waals surface area contributed by atoms with E-state index in [1.807, 2.05) is 0 Å². The van der Waals surface area contributed by atoms with Gasteiger partial charge in [-0.1, -0.05) is 55.5 Å². The third kappa shape index (κ3) is 3.92. The Morgan fingerprint density at radius 3 is 2.61 bits per heavy atom. The standard InChI is InChI=1S/C22H27N/c1-7-18(5)21-10-9-16(3)13-20(21)15-17(4)14-19-11-12-23(6)22(19)8-2/h8-14H,4-5,7,15H2,1-3,6H3/b19-14-,22-8+. The second kappa shape index (κ2) is 7.32. The van der Waals surface area contributed by atoms with Gasteiger partial charge in [-0.2, -0.15) is 0 Å². The minimum Gasteiger partial charge on any atom is -0.351 e. The van der Waals surface area contributed by atoms with E-state index in [1.165, 1.54) is 32.8 Å². The SMILES string of the molecule is C=C(/C=c1/ccn(C)/c1=C/C)Cc1cc(C)ccc1C(=C)CC. The quantitative estimate of drug-likeness (QED) is 0.782. The lowest BCUT2D eigenvalue weighted by molar-refractivity contribution is 0.887. The van der Waals surface area contributed by atoms with Crippen molar-refractivity contribution in [2.24, 2.45) is 7.05 Å². The van der Waals surface area contributed by atoms with E-state index >= 15 is 0 Å². The highest BCUT2D eigenvalue weighted by Crippen LogP contribution is 2.24. The van der Waals surface area contributed by atoms with Gasteiger partial charge in [-0.25, -0.2) is 0 Å². The molecule has 0 bridgehead atoms. The van der Waals surface area contributed by atoms with Crippen LogP contribution in [0.15, 0.2) is 49.2 Å². The molecule has 0 unspecified atom stereocenters. The second-order valence-electron chi connectivity index (χ2n) is 6.15. The molecule has 0 saturated carbocycles. The van der Waals surface area contributed by atoms with Gasteiger partial charge >= 0.3 is 0 Å². The van der Waals surface area contributed by atoms with Crippen LogP contribution in [0.25, 0.3) is 17.7 Å². The maximum absolute atomic E-state index is 4.28. The Labute approximate surface area is 140 Å². The summed E-state index contributed by atoms with van der Waals surface area (Å²) in [5.41, 5.74) is 6.17. The summed E-state index contributed by atoms with van der Waals surface area (Å²) in [7, 11) is 2.07. The molecule has 1 heterocycles. The van der Waals surface area contributed by atoms with Gasteiger partial charge < -0.3 is 4.57 Å². The number of aromatic nitrogens is 1. The van der Waals surface area contributed by atoms with Crippen LogP contribution in [0.2, 0.25) is 0 Å². The van der Waals surface area contributed by atoms with E-state index in [0.717, 1.165) is 18.4 Å². The van der Waals surface area contributed by atoms with E-state index in [4.69, 9.17) is 0 Å². The monoisotopic (exact) mass is 305 g/mol. The van der Waals surface area contributed by atoms with E-state index < -0.39 is 0 Å². The van der Waals surface area contributed by atoms with Gasteiger partial charge in [-0.3, -0.25) is 0 Å². The zero-order valence-corrected chi connectivity index (χ0v) is 14.8. The first-order chi connectivity index (χ1) is 11.0. The van der Waals surface area contributed by atoms with E-state index in [1.54, 1.807) is 0 Å². The Morgan fingerprint density at radius 1 is 1.22 bits per heavy atom. The number of hydrogen-bond donors (Lipinski definition) is 0. The van der Waals surface area contributed by atoms with Gasteiger partial charge in [0.15, 0.2) is 0 Å². The van der Waals surface area contributed by atoms with Gasteiger partial charge in [0.05, 0.1) is 0 Å². The number of benzene rings is 1. The van der Waals surface area contributed by atoms with Crippen molar-refractivity contribution in [3.05, 3.63) is 76.5 Å². The zero-order chi connectivity index (χ0) is 17.0. The van der Waals surface area contributed by atoms with Crippen molar-refractivity contribution < 1.29 is 0 Å². The topological polar surface area (TPSA) is 4.93 Å². The van der Waals surface area contributed by atoms with E-state index in [2.05, 4.69) is 88.2 Å². The lowest BCUT2D eigenvalue weighted by atomic mass is 9.93. The maximum Gasteiger partial charge on any atom is 0.0434 e. The summed E-state index contributed by atoms with van der Waals surface area (Å²) in [4.78, 5) is 0. The largest absolute Gasteiger partial charge is 0.351 e. The predicted molar refractivity (Wildman–Crippen MR) is 103 cm³/mol. The van der Waals surface area contributed by atoms with Gasteiger partial charge in [-0.05, 0) is 60.8 Å². The van der Waals surface area contributed by atoms with Gasteiger partial charge in [-0.15, -0.1) is 0 Å². The summed E-state index contributed by atoms with van der Waals surface area (Å²) in [5.74, 6) is 0. The molecule has 0 saturated heterocycles. The number of aryl methyl sites for hydroxylation is 2. The first-order valence-electron chi connectivity index (χ1n) is 8.21. The molecule has 0 fully saturated rings. The van der Waals surface area contributed by atoms with E-state index in [9.17, 15) is 0 Å². The Kier molecular flexibility index (Phi) is 5.44. The lowest BCUT2D eigenvalue weighted by Gasteiger charge is -2.12. The number of rotatable bonds is 5. The first-order valence-corrected chi connectivity index (χ1v) is 8.21. The predicted octanol–water partition coefficient (Wildman–Crippen LogP) is 4.14. The summed E-state index contributed by atoms with van der Waals surface area (Å²) in [6.45, 7) is 14.8. The van der Waals surface area contributed by atoms with E-state index in [-0.39, 0.29) is 0 Å². The Hall–Kier alpha value is -2.28. The Balaban J connectivity index is 2.38. The van der Waals surface area contributed by atoms with Crippen molar-refractivity contribution in [2.45, 2.75) is 33.6 Å². The fourth-order valence-corrected chi connectivity index (χ4v) is 2.97. The molecule has 1 heteroatoms. The van der Waals surface area contributed by atoms with Crippen LogP contribution in [0.5, 0.6) is 0 Å². The van der Waals surface area contributed by atoms with Gasteiger partial charge in [0.25, 0.3) is 0 Å². The Bertz CT molecular complexity index is 847. The second-order valence-corrected chi connectivity index (χ2v) is 6.15. The van der Waals surface area contributed by atoms with Crippen molar-refractivity contribution in [3.63, 3.8) is 0 Å². The van der Waals surface area contributed by atoms with Crippen molar-refractivity contribution >= 4 is 17.7 Å². The molecule has 120 valence electrons. The van der Waals surface area contributed by atoms with Crippen LogP contribution in [0, 0.1) is 6.92 Å². The minimum absolute atomic E-state index is 0.855. The average molecular weight is 305 g/mol. The van der Waals surface area contributed by atoms with Crippen LogP contribution in [-0.4, -0.2) is 4.57 Å². The van der Waals surface area contributed by atoms with Crippen LogP contribution in [0.4, 0.5) is 0 Å². The first kappa shape index (κ1) is 17.1. The highest BCUT2D eigenvalue weighted by atomic mass is 14.9. The summed E-state index contributed by atoms with van der Waals surface area (Å²) in [5, 5.41) is 2.46. The van der Waals surface area contributed by atoms with Crippen LogP contribution >= 0.6 is 0 Å². The molecule has 2 rings (SSSR count). The highest BCUT2D eigenvalue weighted by Gasteiger charge is 2.06. The smallest absolute Gasteiger partial charge is 0.0434 e. The molecule has 1 nitrogen and oxygen atoms in total. The lowest BCUT2D eigenvalue weighted by Crippen LogP contribution is -2.27. The molecule has 0 spiro atoms. The van der Waals surface area contributed by atoms with Gasteiger partial charge in [0, 0.05) is 18.6 Å². The van der Waals surface area contributed by atoms with Crippen molar-refractivity contribution in [2.75, 3.05) is 0 Å². The summed E-state index contributed by atoms with van der Waals surface area (Å²) < 4.78 is 2.14. The molecule has 0 aliphatic rings. The average Bonchev–Trinajstić information content (AvgIpc) is 2.86. The molecule has 1 aromatic heterocycles.